The Morgan fingerprint density at radius 3 is 3.04 bits per heavy atom. The van der Waals surface area contributed by atoms with Crippen LogP contribution in [0, 0.1) is 5.41 Å². The minimum Gasteiger partial charge on any atom is -0.491 e. The highest BCUT2D eigenvalue weighted by atomic mass is 16.5. The first-order valence-corrected chi connectivity index (χ1v) is 8.21. The Bertz CT molecular complexity index is 776. The summed E-state index contributed by atoms with van der Waals surface area (Å²) in [5.41, 5.74) is 9.42. The van der Waals surface area contributed by atoms with Crippen molar-refractivity contribution in [2.75, 3.05) is 6.61 Å². The maximum absolute atomic E-state index is 7.41. The third kappa shape index (κ3) is 3.23. The van der Waals surface area contributed by atoms with Gasteiger partial charge in [-0.1, -0.05) is 6.07 Å². The Balaban J connectivity index is 2.07. The second kappa shape index (κ2) is 6.97. The fourth-order valence-electron chi connectivity index (χ4n) is 2.82. The number of rotatable bonds is 5. The Labute approximate surface area is 141 Å². The summed E-state index contributed by atoms with van der Waals surface area (Å²) in [4.78, 5) is 9.43. The molecule has 0 aliphatic carbocycles. The molecule has 1 aromatic carbocycles. The molecule has 1 aliphatic heterocycles. The van der Waals surface area contributed by atoms with Gasteiger partial charge < -0.3 is 20.4 Å². The van der Waals surface area contributed by atoms with E-state index in [1.165, 1.54) is 6.21 Å². The van der Waals surface area contributed by atoms with Crippen LogP contribution >= 0.6 is 0 Å². The molecule has 24 heavy (non-hydrogen) atoms. The van der Waals surface area contributed by atoms with Gasteiger partial charge in [-0.25, -0.2) is 4.98 Å². The molecule has 0 atom stereocenters. The molecule has 0 bridgehead atoms. The first-order chi connectivity index (χ1) is 11.6. The fraction of sp³-hybridized carbons (Fsp3) is 0.389. The van der Waals surface area contributed by atoms with Gasteiger partial charge in [0, 0.05) is 31.4 Å². The van der Waals surface area contributed by atoms with Crippen molar-refractivity contribution in [3.8, 4) is 17.1 Å². The number of fused-ring (bicyclic) bond motifs is 3. The molecule has 0 spiro atoms. The molecule has 0 amide bonds. The summed E-state index contributed by atoms with van der Waals surface area (Å²) in [7, 11) is 0. The maximum Gasteiger partial charge on any atom is 0.144 e. The minimum absolute atomic E-state index is 0.171. The first kappa shape index (κ1) is 16.4. The lowest BCUT2D eigenvalue weighted by molar-refractivity contribution is 0.306. The van der Waals surface area contributed by atoms with Crippen molar-refractivity contribution in [1.29, 1.82) is 5.41 Å². The van der Waals surface area contributed by atoms with Crippen LogP contribution in [0.3, 0.4) is 0 Å². The molecule has 1 aromatic heterocycles. The normalized spacial score (nSPS) is 13.9. The van der Waals surface area contributed by atoms with Crippen molar-refractivity contribution in [3.05, 3.63) is 35.7 Å². The van der Waals surface area contributed by atoms with E-state index in [0.29, 0.717) is 19.6 Å². The van der Waals surface area contributed by atoms with Gasteiger partial charge in [0.2, 0.25) is 0 Å². The van der Waals surface area contributed by atoms with Crippen LogP contribution in [0.5, 0.6) is 5.75 Å². The van der Waals surface area contributed by atoms with Gasteiger partial charge in [0.25, 0.3) is 0 Å². The van der Waals surface area contributed by atoms with Crippen molar-refractivity contribution in [1.82, 2.24) is 9.55 Å². The van der Waals surface area contributed by atoms with E-state index in [1.54, 1.807) is 0 Å². The van der Waals surface area contributed by atoms with Crippen molar-refractivity contribution < 1.29 is 4.74 Å². The zero-order chi connectivity index (χ0) is 17.1. The number of aromatic nitrogens is 2. The summed E-state index contributed by atoms with van der Waals surface area (Å²) >= 11 is 0. The van der Waals surface area contributed by atoms with Crippen molar-refractivity contribution >= 4 is 11.9 Å². The predicted octanol–water partition coefficient (Wildman–Crippen LogP) is 2.64. The van der Waals surface area contributed by atoms with E-state index in [4.69, 9.17) is 20.9 Å². The predicted molar refractivity (Wildman–Crippen MR) is 96.1 cm³/mol. The average molecular weight is 325 g/mol. The highest BCUT2D eigenvalue weighted by Crippen LogP contribution is 2.33. The van der Waals surface area contributed by atoms with Crippen LogP contribution in [0.1, 0.15) is 31.5 Å². The van der Waals surface area contributed by atoms with Gasteiger partial charge in [0.05, 0.1) is 17.8 Å². The lowest BCUT2D eigenvalue weighted by Gasteiger charge is -2.08. The number of nitrogens with one attached hydrogen (secondary N) is 1. The maximum atomic E-state index is 7.41. The van der Waals surface area contributed by atoms with Gasteiger partial charge >= 0.3 is 0 Å². The minimum atomic E-state index is 0.171. The quantitative estimate of drug-likeness (QED) is 0.828. The summed E-state index contributed by atoms with van der Waals surface area (Å²) in [6.07, 6.45) is 3.87. The molecule has 0 saturated carbocycles. The number of imidazole rings is 1. The third-order valence-corrected chi connectivity index (χ3v) is 3.89. The average Bonchev–Trinajstić information content (AvgIpc) is 2.90. The first-order valence-electron chi connectivity index (χ1n) is 8.21. The van der Waals surface area contributed by atoms with Crippen LogP contribution in [-0.4, -0.2) is 34.1 Å². The smallest absolute Gasteiger partial charge is 0.144 e. The molecule has 2 aromatic rings. The highest BCUT2D eigenvalue weighted by Gasteiger charge is 2.20. The second-order valence-electron chi connectivity index (χ2n) is 6.10. The van der Waals surface area contributed by atoms with E-state index in [-0.39, 0.29) is 6.04 Å². The standard InChI is InChI=1S/C18H23N5O/c1-12(2)21-15(5-6-19)16-11-23-7-8-24-17-9-13(10-20)3-4-14(17)18(23)22-16/h3-4,6,9,11-12,19H,5,7-8,10,20H2,1-2H3. The van der Waals surface area contributed by atoms with Crippen LogP contribution in [0.4, 0.5) is 0 Å². The second-order valence-corrected chi connectivity index (χ2v) is 6.10. The van der Waals surface area contributed by atoms with Crippen molar-refractivity contribution in [3.63, 3.8) is 0 Å². The molecule has 1 aliphatic rings. The highest BCUT2D eigenvalue weighted by molar-refractivity contribution is 6.06. The molecule has 0 saturated heterocycles. The van der Waals surface area contributed by atoms with Gasteiger partial charge in [-0.05, 0) is 31.5 Å². The number of ether oxygens (including phenoxy) is 1. The fourth-order valence-corrected chi connectivity index (χ4v) is 2.82. The number of nitrogens with two attached hydrogens (primary N) is 1. The summed E-state index contributed by atoms with van der Waals surface area (Å²) in [5, 5.41) is 7.41. The summed E-state index contributed by atoms with van der Waals surface area (Å²) < 4.78 is 7.96. The number of nitrogens with zero attached hydrogens (tertiary/aromatic N) is 3. The van der Waals surface area contributed by atoms with Crippen LogP contribution in [0.15, 0.2) is 29.4 Å². The van der Waals surface area contributed by atoms with Gasteiger partial charge in [-0.15, -0.1) is 0 Å². The van der Waals surface area contributed by atoms with Gasteiger partial charge in [-0.2, -0.15) is 0 Å². The third-order valence-electron chi connectivity index (χ3n) is 3.89. The zero-order valence-corrected chi connectivity index (χ0v) is 14.1. The summed E-state index contributed by atoms with van der Waals surface area (Å²) in [6.45, 7) is 5.87. The number of hydrogen-bond acceptors (Lipinski definition) is 5. The van der Waals surface area contributed by atoms with Crippen molar-refractivity contribution in [2.24, 2.45) is 10.7 Å². The van der Waals surface area contributed by atoms with E-state index >= 15 is 0 Å². The Morgan fingerprint density at radius 2 is 2.33 bits per heavy atom. The van der Waals surface area contributed by atoms with Crippen LogP contribution < -0.4 is 10.5 Å². The number of hydrogen-bond donors (Lipinski definition) is 2. The Hall–Kier alpha value is -2.47. The molecule has 3 rings (SSSR count). The molecule has 0 unspecified atom stereocenters. The van der Waals surface area contributed by atoms with Gasteiger partial charge in [0.1, 0.15) is 23.9 Å². The molecule has 3 N–H and O–H groups in total. The Morgan fingerprint density at radius 1 is 1.50 bits per heavy atom. The van der Waals surface area contributed by atoms with Gasteiger partial charge in [-0.3, -0.25) is 4.99 Å². The lowest BCUT2D eigenvalue weighted by atomic mass is 10.1. The van der Waals surface area contributed by atoms with E-state index in [9.17, 15) is 0 Å². The molecule has 0 radical (unpaired) electrons. The van der Waals surface area contributed by atoms with E-state index in [1.807, 2.05) is 38.2 Å². The molecular weight excluding hydrogens is 302 g/mol. The summed E-state index contributed by atoms with van der Waals surface area (Å²) in [5.74, 6) is 1.70. The largest absolute Gasteiger partial charge is 0.491 e. The van der Waals surface area contributed by atoms with Crippen LogP contribution in [0.2, 0.25) is 0 Å². The molecular formula is C18H23N5O. The SMILES string of the molecule is CC(C)N=C(CC=N)c1cn2c(n1)-c1ccc(CN)cc1OCC2. The number of aliphatic imine (C=N–C) groups is 1. The molecule has 0 fully saturated rings. The molecule has 2 heterocycles. The van der Waals surface area contributed by atoms with E-state index in [0.717, 1.165) is 40.7 Å². The summed E-state index contributed by atoms with van der Waals surface area (Å²) in [6, 6.07) is 6.18. The van der Waals surface area contributed by atoms with Crippen LogP contribution in [0.25, 0.3) is 11.4 Å². The lowest BCUT2D eigenvalue weighted by Crippen LogP contribution is -2.07. The zero-order valence-electron chi connectivity index (χ0n) is 14.1. The van der Waals surface area contributed by atoms with Gasteiger partial charge in [0.15, 0.2) is 0 Å². The van der Waals surface area contributed by atoms with E-state index < -0.39 is 0 Å². The van der Waals surface area contributed by atoms with Crippen molar-refractivity contribution in [2.45, 2.75) is 39.4 Å². The molecule has 6 heteroatoms. The monoisotopic (exact) mass is 325 g/mol. The topological polar surface area (TPSA) is 89.3 Å². The molecule has 6 nitrogen and oxygen atoms in total. The molecule has 126 valence electrons. The Kier molecular flexibility index (Phi) is 4.76. The van der Waals surface area contributed by atoms with E-state index in [2.05, 4.69) is 9.56 Å². The number of benzene rings is 1. The van der Waals surface area contributed by atoms with Crippen LogP contribution in [-0.2, 0) is 13.1 Å².